The number of hydrogen-bond donors (Lipinski definition) is 1. The Hall–Kier alpha value is -1.31. The monoisotopic (exact) mass is 262 g/mol. The fourth-order valence-corrected chi connectivity index (χ4v) is 2.85. The second-order valence-corrected chi connectivity index (χ2v) is 5.45. The van der Waals surface area contributed by atoms with Crippen molar-refractivity contribution in [3.05, 3.63) is 23.7 Å². The van der Waals surface area contributed by atoms with Gasteiger partial charge in [-0.3, -0.25) is 4.90 Å². The Morgan fingerprint density at radius 2 is 2.16 bits per heavy atom. The van der Waals surface area contributed by atoms with Crippen LogP contribution in [0.15, 0.2) is 16.5 Å². The van der Waals surface area contributed by atoms with E-state index in [9.17, 15) is 5.11 Å². The highest BCUT2D eigenvalue weighted by molar-refractivity contribution is 5.19. The lowest BCUT2D eigenvalue weighted by molar-refractivity contribution is 0.0718. The first-order valence-corrected chi connectivity index (χ1v) is 7.10. The molecule has 4 heteroatoms. The highest BCUT2D eigenvalue weighted by atomic mass is 16.3. The third-order valence-electron chi connectivity index (χ3n) is 3.72. The van der Waals surface area contributed by atoms with Crippen LogP contribution in [0.2, 0.25) is 0 Å². The Bertz CT molecular complexity index is 428. The largest absolute Gasteiger partial charge is 0.449 e. The lowest BCUT2D eigenvalue weighted by Crippen LogP contribution is -2.40. The quantitative estimate of drug-likeness (QED) is 0.886. The minimum atomic E-state index is -0.340. The van der Waals surface area contributed by atoms with Crippen LogP contribution < -0.4 is 0 Å². The number of aliphatic hydroxyl groups is 1. The van der Waals surface area contributed by atoms with E-state index in [-0.39, 0.29) is 6.10 Å². The van der Waals surface area contributed by atoms with Gasteiger partial charge in [0.2, 0.25) is 5.76 Å². The Morgan fingerprint density at radius 3 is 2.74 bits per heavy atom. The van der Waals surface area contributed by atoms with Gasteiger partial charge in [0.05, 0.1) is 12.6 Å². The first-order valence-electron chi connectivity index (χ1n) is 7.10. The van der Waals surface area contributed by atoms with Gasteiger partial charge in [0.15, 0.2) is 0 Å². The second kappa shape index (κ2) is 6.74. The summed E-state index contributed by atoms with van der Waals surface area (Å²) in [6.07, 6.45) is 5.90. The van der Waals surface area contributed by atoms with Crippen molar-refractivity contribution < 1.29 is 9.52 Å². The summed E-state index contributed by atoms with van der Waals surface area (Å²) in [5.41, 5.74) is 0. The summed E-state index contributed by atoms with van der Waals surface area (Å²) in [5.74, 6) is 1.17. The molecule has 1 unspecified atom stereocenters. The SMILES string of the molecule is CC(O)CN(Cc1ccc(C#N)o1)C1CCCCC1. The van der Waals surface area contributed by atoms with Crippen LogP contribution in [0.1, 0.15) is 50.5 Å². The van der Waals surface area contributed by atoms with Gasteiger partial charge in [0.1, 0.15) is 11.8 Å². The summed E-state index contributed by atoms with van der Waals surface area (Å²) in [4.78, 5) is 2.30. The molecule has 1 aromatic heterocycles. The van der Waals surface area contributed by atoms with Crippen molar-refractivity contribution in [1.29, 1.82) is 5.26 Å². The summed E-state index contributed by atoms with van der Waals surface area (Å²) in [6.45, 7) is 3.16. The van der Waals surface area contributed by atoms with Crippen LogP contribution in [0.25, 0.3) is 0 Å². The number of rotatable bonds is 5. The highest BCUT2D eigenvalue weighted by Crippen LogP contribution is 2.24. The zero-order valence-electron chi connectivity index (χ0n) is 11.5. The molecule has 1 N–H and O–H groups in total. The summed E-state index contributed by atoms with van der Waals surface area (Å²) in [6, 6.07) is 6.10. The van der Waals surface area contributed by atoms with Gasteiger partial charge in [-0.25, -0.2) is 0 Å². The Balaban J connectivity index is 2.02. The molecule has 2 rings (SSSR count). The van der Waals surface area contributed by atoms with E-state index in [1.807, 2.05) is 19.1 Å². The minimum Gasteiger partial charge on any atom is -0.449 e. The average molecular weight is 262 g/mol. The molecule has 104 valence electrons. The van der Waals surface area contributed by atoms with E-state index in [1.54, 1.807) is 6.07 Å². The molecule has 1 fully saturated rings. The third kappa shape index (κ3) is 4.09. The van der Waals surface area contributed by atoms with Crippen molar-refractivity contribution in [2.24, 2.45) is 0 Å². The molecular weight excluding hydrogens is 240 g/mol. The lowest BCUT2D eigenvalue weighted by Gasteiger charge is -2.34. The van der Waals surface area contributed by atoms with Gasteiger partial charge in [0.25, 0.3) is 0 Å². The molecule has 1 saturated carbocycles. The van der Waals surface area contributed by atoms with Crippen molar-refractivity contribution in [2.75, 3.05) is 6.54 Å². The van der Waals surface area contributed by atoms with E-state index in [0.29, 0.717) is 24.9 Å². The predicted molar refractivity (Wildman–Crippen MR) is 72.4 cm³/mol. The fourth-order valence-electron chi connectivity index (χ4n) is 2.85. The molecule has 4 nitrogen and oxygen atoms in total. The fraction of sp³-hybridized carbons (Fsp3) is 0.667. The summed E-state index contributed by atoms with van der Waals surface area (Å²) in [7, 11) is 0. The van der Waals surface area contributed by atoms with E-state index >= 15 is 0 Å². The van der Waals surface area contributed by atoms with Crippen molar-refractivity contribution >= 4 is 0 Å². The molecule has 1 heterocycles. The van der Waals surface area contributed by atoms with Gasteiger partial charge in [-0.15, -0.1) is 0 Å². The smallest absolute Gasteiger partial charge is 0.203 e. The molecule has 0 saturated heterocycles. The molecule has 1 aliphatic carbocycles. The van der Waals surface area contributed by atoms with E-state index in [4.69, 9.17) is 9.68 Å². The van der Waals surface area contributed by atoms with E-state index < -0.39 is 0 Å². The number of furan rings is 1. The maximum atomic E-state index is 9.66. The predicted octanol–water partition coefficient (Wildman–Crippen LogP) is 2.67. The average Bonchev–Trinajstić information content (AvgIpc) is 2.86. The molecule has 19 heavy (non-hydrogen) atoms. The molecule has 1 atom stereocenters. The van der Waals surface area contributed by atoms with E-state index in [0.717, 1.165) is 5.76 Å². The van der Waals surface area contributed by atoms with Gasteiger partial charge in [-0.05, 0) is 31.9 Å². The van der Waals surface area contributed by atoms with Crippen LogP contribution in [0.4, 0.5) is 0 Å². The van der Waals surface area contributed by atoms with Gasteiger partial charge in [-0.2, -0.15) is 5.26 Å². The zero-order valence-corrected chi connectivity index (χ0v) is 11.5. The number of aliphatic hydroxyl groups excluding tert-OH is 1. The molecule has 1 aromatic rings. The zero-order chi connectivity index (χ0) is 13.7. The molecule has 1 aliphatic rings. The molecule has 0 amide bonds. The third-order valence-corrected chi connectivity index (χ3v) is 3.72. The number of nitriles is 1. The van der Waals surface area contributed by atoms with Crippen LogP contribution in [0.3, 0.4) is 0 Å². The minimum absolute atomic E-state index is 0.340. The van der Waals surface area contributed by atoms with Gasteiger partial charge in [-0.1, -0.05) is 19.3 Å². The lowest BCUT2D eigenvalue weighted by atomic mass is 9.94. The number of nitrogens with zero attached hydrogens (tertiary/aromatic N) is 2. The maximum absolute atomic E-state index is 9.66. The van der Waals surface area contributed by atoms with E-state index in [1.165, 1.54) is 32.1 Å². The van der Waals surface area contributed by atoms with Crippen LogP contribution >= 0.6 is 0 Å². The maximum Gasteiger partial charge on any atom is 0.203 e. The summed E-state index contributed by atoms with van der Waals surface area (Å²) < 4.78 is 5.45. The van der Waals surface area contributed by atoms with Crippen LogP contribution in [0.5, 0.6) is 0 Å². The van der Waals surface area contributed by atoms with Crippen molar-refractivity contribution in [3.8, 4) is 6.07 Å². The summed E-state index contributed by atoms with van der Waals surface area (Å²) >= 11 is 0. The Kier molecular flexibility index (Phi) is 5.00. The van der Waals surface area contributed by atoms with Gasteiger partial charge in [0, 0.05) is 12.6 Å². The Labute approximate surface area is 114 Å². The van der Waals surface area contributed by atoms with Crippen LogP contribution in [-0.4, -0.2) is 28.7 Å². The normalized spacial score (nSPS) is 18.4. The topological polar surface area (TPSA) is 60.4 Å². The number of hydrogen-bond acceptors (Lipinski definition) is 4. The van der Waals surface area contributed by atoms with Crippen molar-refractivity contribution in [3.63, 3.8) is 0 Å². The van der Waals surface area contributed by atoms with Crippen molar-refractivity contribution in [1.82, 2.24) is 4.90 Å². The first-order chi connectivity index (χ1) is 9.19. The molecule has 0 spiro atoms. The van der Waals surface area contributed by atoms with Gasteiger partial charge < -0.3 is 9.52 Å². The molecular formula is C15H22N2O2. The van der Waals surface area contributed by atoms with E-state index in [2.05, 4.69) is 4.90 Å². The molecule has 0 radical (unpaired) electrons. The van der Waals surface area contributed by atoms with Crippen LogP contribution in [0, 0.1) is 11.3 Å². The van der Waals surface area contributed by atoms with Crippen LogP contribution in [-0.2, 0) is 6.54 Å². The summed E-state index contributed by atoms with van der Waals surface area (Å²) in [5, 5.41) is 18.4. The standard InChI is InChI=1S/C15H22N2O2/c1-12(18)10-17(13-5-3-2-4-6-13)11-15-8-7-14(9-16)19-15/h7-8,12-13,18H,2-6,10-11H2,1H3. The van der Waals surface area contributed by atoms with Crippen molar-refractivity contribution in [2.45, 2.75) is 57.7 Å². The second-order valence-electron chi connectivity index (χ2n) is 5.45. The molecule has 0 aliphatic heterocycles. The Morgan fingerprint density at radius 1 is 1.42 bits per heavy atom. The first kappa shape index (κ1) is 14.1. The highest BCUT2D eigenvalue weighted by Gasteiger charge is 2.23. The molecule has 0 bridgehead atoms. The molecule has 0 aromatic carbocycles. The van der Waals surface area contributed by atoms with Gasteiger partial charge >= 0.3 is 0 Å².